The van der Waals surface area contributed by atoms with Gasteiger partial charge in [-0.25, -0.2) is 9.18 Å². The van der Waals surface area contributed by atoms with Gasteiger partial charge in [-0.05, 0) is 23.8 Å². The molecule has 0 aliphatic heterocycles. The van der Waals surface area contributed by atoms with Gasteiger partial charge in [0.2, 0.25) is 0 Å². The maximum atomic E-state index is 13.0. The van der Waals surface area contributed by atoms with Gasteiger partial charge in [-0.15, -0.1) is 0 Å². The molecule has 0 radical (unpaired) electrons. The first-order valence-electron chi connectivity index (χ1n) is 4.74. The van der Waals surface area contributed by atoms with Crippen LogP contribution in [0.1, 0.15) is 18.1 Å². The normalized spacial score (nSPS) is 12.2. The van der Waals surface area contributed by atoms with Crippen molar-refractivity contribution in [1.82, 2.24) is 5.48 Å². The van der Waals surface area contributed by atoms with Crippen molar-refractivity contribution < 1.29 is 24.2 Å². The van der Waals surface area contributed by atoms with Crippen molar-refractivity contribution in [3.05, 3.63) is 34.1 Å². The van der Waals surface area contributed by atoms with Gasteiger partial charge in [0, 0.05) is 10.9 Å². The fourth-order valence-corrected chi connectivity index (χ4v) is 1.70. The number of amides is 1. The van der Waals surface area contributed by atoms with Gasteiger partial charge in [-0.1, -0.05) is 15.9 Å². The van der Waals surface area contributed by atoms with Gasteiger partial charge in [0.15, 0.2) is 0 Å². The fourth-order valence-electron chi connectivity index (χ4n) is 1.22. The predicted molar refractivity (Wildman–Crippen MR) is 60.8 cm³/mol. The average Bonchev–Trinajstić information content (AvgIpc) is 2.22. The lowest BCUT2D eigenvalue weighted by Gasteiger charge is -2.11. The number of halogens is 2. The van der Waals surface area contributed by atoms with Crippen LogP contribution in [0.15, 0.2) is 22.7 Å². The van der Waals surface area contributed by atoms with Crippen LogP contribution in [0.4, 0.5) is 9.18 Å². The van der Waals surface area contributed by atoms with Crippen LogP contribution in [0.5, 0.6) is 0 Å². The molecule has 1 atom stereocenters. The van der Waals surface area contributed by atoms with Crippen LogP contribution in [-0.2, 0) is 4.84 Å². The molecule has 0 heterocycles. The lowest BCUT2D eigenvalue weighted by molar-refractivity contribution is 0.0212. The molecule has 0 saturated carbocycles. The molecule has 0 bridgehead atoms. The molecule has 0 saturated heterocycles. The Morgan fingerprint density at radius 2 is 2.24 bits per heavy atom. The topological polar surface area (TPSA) is 78.8 Å². The summed E-state index contributed by atoms with van der Waals surface area (Å²) >= 11 is 3.11. The molecule has 7 heteroatoms. The number of hydrogen-bond donors (Lipinski definition) is 3. The van der Waals surface area contributed by atoms with E-state index in [4.69, 9.17) is 5.11 Å². The van der Waals surface area contributed by atoms with E-state index in [2.05, 4.69) is 20.8 Å². The molecule has 0 aliphatic rings. The first-order chi connectivity index (χ1) is 7.99. The zero-order valence-corrected chi connectivity index (χ0v) is 10.3. The second-order valence-electron chi connectivity index (χ2n) is 3.26. The van der Waals surface area contributed by atoms with Gasteiger partial charge in [0.05, 0.1) is 12.7 Å². The summed E-state index contributed by atoms with van der Waals surface area (Å²) in [5.74, 6) is -0.460. The summed E-state index contributed by atoms with van der Waals surface area (Å²) in [5.41, 5.74) is 2.10. The van der Waals surface area contributed by atoms with Gasteiger partial charge in [-0.3, -0.25) is 4.84 Å². The van der Waals surface area contributed by atoms with Crippen LogP contribution in [0.3, 0.4) is 0 Å². The first kappa shape index (κ1) is 13.9. The molecule has 94 valence electrons. The molecule has 17 heavy (non-hydrogen) atoms. The van der Waals surface area contributed by atoms with Gasteiger partial charge in [0.1, 0.15) is 5.82 Å². The van der Waals surface area contributed by atoms with Crippen molar-refractivity contribution in [2.45, 2.75) is 12.5 Å². The number of nitrogens with one attached hydrogen (secondary N) is 1. The number of aliphatic hydroxyl groups excluding tert-OH is 1. The van der Waals surface area contributed by atoms with Crippen LogP contribution >= 0.6 is 15.9 Å². The lowest BCUT2D eigenvalue weighted by Crippen LogP contribution is -2.22. The molecule has 0 aliphatic carbocycles. The summed E-state index contributed by atoms with van der Waals surface area (Å²) < 4.78 is 13.5. The van der Waals surface area contributed by atoms with E-state index in [1.807, 2.05) is 0 Å². The first-order valence-corrected chi connectivity index (χ1v) is 5.53. The third kappa shape index (κ3) is 5.12. The molecule has 5 nitrogen and oxygen atoms in total. The Balaban J connectivity index is 2.46. The highest BCUT2D eigenvalue weighted by molar-refractivity contribution is 9.10. The summed E-state index contributed by atoms with van der Waals surface area (Å²) in [6, 6.07) is 4.07. The predicted octanol–water partition coefficient (Wildman–Crippen LogP) is 2.21. The fraction of sp³-hybridized carbons (Fsp3) is 0.300. The van der Waals surface area contributed by atoms with Crippen molar-refractivity contribution in [3.63, 3.8) is 0 Å². The van der Waals surface area contributed by atoms with Crippen LogP contribution in [-0.4, -0.2) is 22.9 Å². The van der Waals surface area contributed by atoms with E-state index < -0.39 is 18.0 Å². The van der Waals surface area contributed by atoms with E-state index in [0.29, 0.717) is 10.0 Å². The Hall–Kier alpha value is -1.18. The monoisotopic (exact) mass is 307 g/mol. The van der Waals surface area contributed by atoms with Crippen molar-refractivity contribution in [2.75, 3.05) is 6.61 Å². The van der Waals surface area contributed by atoms with E-state index in [1.54, 1.807) is 11.5 Å². The van der Waals surface area contributed by atoms with Crippen molar-refractivity contribution >= 4 is 22.0 Å². The zero-order valence-electron chi connectivity index (χ0n) is 8.69. The second kappa shape index (κ2) is 6.53. The van der Waals surface area contributed by atoms with Crippen LogP contribution in [0, 0.1) is 5.82 Å². The highest BCUT2D eigenvalue weighted by Crippen LogP contribution is 2.22. The summed E-state index contributed by atoms with van der Waals surface area (Å²) in [7, 11) is 0. The van der Waals surface area contributed by atoms with E-state index >= 15 is 0 Å². The minimum atomic E-state index is -1.31. The maximum absolute atomic E-state index is 13.0. The summed E-state index contributed by atoms with van der Waals surface area (Å²) in [6.07, 6.45) is -2.08. The molecule has 3 N–H and O–H groups in total. The molecule has 0 spiro atoms. The quantitative estimate of drug-likeness (QED) is 0.575. The molecule has 1 aromatic rings. The van der Waals surface area contributed by atoms with Crippen molar-refractivity contribution in [1.29, 1.82) is 0 Å². The standard InChI is InChI=1S/C10H11BrFNO4/c11-7-3-6(4-8(12)5-7)9(14)1-2-17-13-10(15)16/h3-5,9,13-14H,1-2H2,(H,15,16)/t9-/m0/s1. The Morgan fingerprint density at radius 1 is 1.53 bits per heavy atom. The van der Waals surface area contributed by atoms with E-state index in [9.17, 15) is 14.3 Å². The third-order valence-corrected chi connectivity index (χ3v) is 2.38. The molecule has 1 rings (SSSR count). The number of rotatable bonds is 5. The highest BCUT2D eigenvalue weighted by Gasteiger charge is 2.10. The Kier molecular flexibility index (Phi) is 5.33. The molecule has 0 unspecified atom stereocenters. The van der Waals surface area contributed by atoms with E-state index in [0.717, 1.165) is 0 Å². The minimum Gasteiger partial charge on any atom is -0.464 e. The number of aliphatic hydroxyl groups is 1. The number of benzene rings is 1. The number of carbonyl (C=O) groups is 1. The SMILES string of the molecule is O=C(O)NOCC[C@H](O)c1cc(F)cc(Br)c1. The van der Waals surface area contributed by atoms with E-state index in [-0.39, 0.29) is 13.0 Å². The Labute approximate surface area is 105 Å². The number of hydroxylamine groups is 1. The Bertz CT molecular complexity index is 382. The summed E-state index contributed by atoms with van der Waals surface area (Å²) in [5, 5.41) is 17.9. The van der Waals surface area contributed by atoms with Crippen LogP contribution < -0.4 is 5.48 Å². The van der Waals surface area contributed by atoms with E-state index in [1.165, 1.54) is 12.1 Å². The van der Waals surface area contributed by atoms with Gasteiger partial charge in [-0.2, -0.15) is 5.48 Å². The van der Waals surface area contributed by atoms with Gasteiger partial charge >= 0.3 is 6.09 Å². The zero-order chi connectivity index (χ0) is 12.8. The summed E-state index contributed by atoms with van der Waals surface area (Å²) in [6.45, 7) is -0.0123. The molecule has 1 aromatic carbocycles. The van der Waals surface area contributed by atoms with Gasteiger partial charge < -0.3 is 10.2 Å². The maximum Gasteiger partial charge on any atom is 0.428 e. The molecule has 0 fully saturated rings. The van der Waals surface area contributed by atoms with Crippen LogP contribution in [0.2, 0.25) is 0 Å². The molecule has 1 amide bonds. The number of hydrogen-bond acceptors (Lipinski definition) is 3. The van der Waals surface area contributed by atoms with Crippen molar-refractivity contribution in [3.8, 4) is 0 Å². The highest BCUT2D eigenvalue weighted by atomic mass is 79.9. The Morgan fingerprint density at radius 3 is 2.82 bits per heavy atom. The molecule has 0 aromatic heterocycles. The summed E-state index contributed by atoms with van der Waals surface area (Å²) in [4.78, 5) is 14.6. The minimum absolute atomic E-state index is 0.0123. The molecular formula is C10H11BrFNO4. The van der Waals surface area contributed by atoms with Gasteiger partial charge in [0.25, 0.3) is 0 Å². The lowest BCUT2D eigenvalue weighted by atomic mass is 10.1. The third-order valence-electron chi connectivity index (χ3n) is 1.92. The number of carboxylic acid groups (broad SMARTS) is 1. The average molecular weight is 308 g/mol. The van der Waals surface area contributed by atoms with Crippen LogP contribution in [0.25, 0.3) is 0 Å². The smallest absolute Gasteiger partial charge is 0.428 e. The largest absolute Gasteiger partial charge is 0.464 e. The second-order valence-corrected chi connectivity index (χ2v) is 4.18. The van der Waals surface area contributed by atoms with Crippen molar-refractivity contribution in [2.24, 2.45) is 0 Å². The molecular weight excluding hydrogens is 297 g/mol.